The van der Waals surface area contributed by atoms with Gasteiger partial charge in [-0.15, -0.1) is 0 Å². The quantitative estimate of drug-likeness (QED) is 0.0492. The third-order valence-corrected chi connectivity index (χ3v) is 9.25. The van der Waals surface area contributed by atoms with Gasteiger partial charge in [-0.05, 0) is 61.9 Å². The molecule has 16 nitrogen and oxygen atoms in total. The van der Waals surface area contributed by atoms with Crippen LogP contribution < -0.4 is 27.4 Å². The number of nitrogens with one attached hydrogen (secondary N) is 3. The Kier molecular flexibility index (Phi) is 19.7. The van der Waals surface area contributed by atoms with Gasteiger partial charge in [0.2, 0.25) is 35.3 Å². The van der Waals surface area contributed by atoms with Crippen molar-refractivity contribution in [1.29, 1.82) is 0 Å². The first-order valence-electron chi connectivity index (χ1n) is 19.4. The standard InChI is InChI=1S/C41H59N5O11/c1-5-6-7-8-9-10-12-26(47)21-36(54)45-29(22-35(43)53)41(57)46-28(15-16-34(42)52)40(56)44-25(17-23(2)3)20-32(50)27-18-24(4)19-33(51)37(27)39(55)38-30(48)13-11-14-31(38)49/h11,13-14,18-19,23,25-26,28-29,47-49,51H,5-10,12,15-17,20-22H2,1-4H3,(H2,42,52)(H2,43,53)(H,44,56)(H,45,54)(H,46,57)/t25-,26+,28-,29-/m0/s1. The van der Waals surface area contributed by atoms with Crippen LogP contribution in [0.2, 0.25) is 0 Å². The van der Waals surface area contributed by atoms with Crippen molar-refractivity contribution in [1.82, 2.24) is 16.0 Å². The lowest BCUT2D eigenvalue weighted by Gasteiger charge is -2.26. The first kappa shape index (κ1) is 47.6. The normalized spacial score (nSPS) is 13.2. The van der Waals surface area contributed by atoms with Crippen molar-refractivity contribution in [3.63, 3.8) is 0 Å². The minimum Gasteiger partial charge on any atom is -0.507 e. The van der Waals surface area contributed by atoms with Gasteiger partial charge < -0.3 is 47.8 Å². The SMILES string of the molecule is CCCCCCCC[C@@H](O)CC(=O)N[C@@H](CC(N)=O)C(=O)N[C@@H](CCC(N)=O)C(=O)N[C@H](CC(=O)c1cc(C)cc(O)c1C(=O)c1c(O)cccc1O)CC(C)C. The van der Waals surface area contributed by atoms with Gasteiger partial charge in [0.25, 0.3) is 0 Å². The summed E-state index contributed by atoms with van der Waals surface area (Å²) in [6.07, 6.45) is 3.50. The maximum absolute atomic E-state index is 13.9. The maximum atomic E-state index is 13.9. The molecule has 0 unspecified atom stereocenters. The summed E-state index contributed by atoms with van der Waals surface area (Å²) in [5.41, 5.74) is 9.89. The van der Waals surface area contributed by atoms with Gasteiger partial charge in [-0.1, -0.05) is 65.4 Å². The lowest BCUT2D eigenvalue weighted by molar-refractivity contribution is -0.134. The van der Waals surface area contributed by atoms with Crippen LogP contribution in [0.1, 0.15) is 136 Å². The molecule has 314 valence electrons. The second kappa shape index (κ2) is 23.5. The molecule has 57 heavy (non-hydrogen) atoms. The molecule has 0 aliphatic rings. The van der Waals surface area contributed by atoms with E-state index in [-0.39, 0.29) is 37.2 Å². The predicted octanol–water partition coefficient (Wildman–Crippen LogP) is 3.06. The molecule has 11 N–H and O–H groups in total. The van der Waals surface area contributed by atoms with E-state index >= 15 is 0 Å². The van der Waals surface area contributed by atoms with Crippen LogP contribution in [0.3, 0.4) is 0 Å². The summed E-state index contributed by atoms with van der Waals surface area (Å²) in [5, 5.41) is 49.5. The van der Waals surface area contributed by atoms with E-state index in [4.69, 9.17) is 11.5 Å². The minimum absolute atomic E-state index is 0.0986. The third kappa shape index (κ3) is 16.2. The predicted molar refractivity (Wildman–Crippen MR) is 211 cm³/mol. The molecular formula is C41H59N5O11. The number of aliphatic hydroxyl groups is 1. The van der Waals surface area contributed by atoms with Crippen LogP contribution in [0.4, 0.5) is 0 Å². The highest BCUT2D eigenvalue weighted by atomic mass is 16.3. The van der Waals surface area contributed by atoms with Crippen LogP contribution >= 0.6 is 0 Å². The molecule has 2 rings (SSSR count). The number of primary amides is 2. The number of amides is 5. The molecule has 2 aromatic carbocycles. The lowest BCUT2D eigenvalue weighted by atomic mass is 9.89. The highest BCUT2D eigenvalue weighted by Crippen LogP contribution is 2.34. The molecule has 0 heterocycles. The van der Waals surface area contributed by atoms with E-state index in [9.17, 15) is 54.0 Å². The van der Waals surface area contributed by atoms with Crippen LogP contribution in [-0.4, -0.2) is 85.8 Å². The van der Waals surface area contributed by atoms with E-state index < -0.39 is 107 Å². The summed E-state index contributed by atoms with van der Waals surface area (Å²) in [6.45, 7) is 7.34. The van der Waals surface area contributed by atoms with E-state index in [2.05, 4.69) is 22.9 Å². The Bertz CT molecular complexity index is 1730. The topological polar surface area (TPSA) is 289 Å². The minimum atomic E-state index is -1.53. The Labute approximate surface area is 333 Å². The van der Waals surface area contributed by atoms with Gasteiger partial charge in [0.15, 0.2) is 5.78 Å². The maximum Gasteiger partial charge on any atom is 0.243 e. The number of aliphatic hydroxyl groups excluding tert-OH is 1. The molecule has 2 aromatic rings. The van der Waals surface area contributed by atoms with Gasteiger partial charge in [0, 0.05) is 24.4 Å². The molecule has 0 radical (unpaired) electrons. The van der Waals surface area contributed by atoms with Crippen LogP contribution in [-0.2, 0) is 24.0 Å². The smallest absolute Gasteiger partial charge is 0.243 e. The van der Waals surface area contributed by atoms with E-state index in [0.29, 0.717) is 18.4 Å². The Hall–Kier alpha value is -5.51. The molecule has 0 saturated heterocycles. The number of rotatable bonds is 26. The fraction of sp³-hybridized carbons (Fsp3) is 0.537. The largest absolute Gasteiger partial charge is 0.507 e. The zero-order valence-corrected chi connectivity index (χ0v) is 33.3. The molecule has 0 spiro atoms. The summed E-state index contributed by atoms with van der Waals surface area (Å²) in [7, 11) is 0. The summed E-state index contributed by atoms with van der Waals surface area (Å²) in [5.74, 6) is -7.78. The average molecular weight is 798 g/mol. The number of ketones is 2. The van der Waals surface area contributed by atoms with Crippen LogP contribution in [0.15, 0.2) is 30.3 Å². The van der Waals surface area contributed by atoms with E-state index in [1.807, 2.05) is 13.8 Å². The van der Waals surface area contributed by atoms with Gasteiger partial charge in [-0.2, -0.15) is 0 Å². The molecular weight excluding hydrogens is 738 g/mol. The number of carbonyl (C=O) groups is 7. The Morgan fingerprint density at radius 3 is 1.91 bits per heavy atom. The highest BCUT2D eigenvalue weighted by Gasteiger charge is 2.32. The number of aromatic hydroxyl groups is 3. The number of aryl methyl sites for hydroxylation is 1. The van der Waals surface area contributed by atoms with Gasteiger partial charge >= 0.3 is 0 Å². The third-order valence-electron chi connectivity index (χ3n) is 9.25. The first-order chi connectivity index (χ1) is 26.8. The number of hydrogen-bond acceptors (Lipinski definition) is 11. The summed E-state index contributed by atoms with van der Waals surface area (Å²) in [6, 6.07) is 2.34. The molecule has 0 saturated carbocycles. The van der Waals surface area contributed by atoms with Gasteiger partial charge in [0.05, 0.1) is 24.5 Å². The summed E-state index contributed by atoms with van der Waals surface area (Å²) in [4.78, 5) is 91.2. The van der Waals surface area contributed by atoms with E-state index in [0.717, 1.165) is 44.2 Å². The van der Waals surface area contributed by atoms with Crippen molar-refractivity contribution >= 4 is 41.1 Å². The Morgan fingerprint density at radius 1 is 0.702 bits per heavy atom. The second-order valence-corrected chi connectivity index (χ2v) is 14.9. The first-order valence-corrected chi connectivity index (χ1v) is 19.4. The van der Waals surface area contributed by atoms with Crippen molar-refractivity contribution in [2.24, 2.45) is 17.4 Å². The number of benzene rings is 2. The number of hydrogen-bond donors (Lipinski definition) is 9. The molecule has 0 bridgehead atoms. The molecule has 0 fully saturated rings. The van der Waals surface area contributed by atoms with E-state index in [1.54, 1.807) is 6.92 Å². The number of Topliss-reactive ketones (excluding diaryl/α,β-unsaturated/α-hetero) is 1. The van der Waals surface area contributed by atoms with E-state index in [1.165, 1.54) is 18.2 Å². The number of carbonyl (C=O) groups excluding carboxylic acids is 7. The monoisotopic (exact) mass is 797 g/mol. The highest BCUT2D eigenvalue weighted by molar-refractivity contribution is 6.19. The Balaban J connectivity index is 2.30. The number of phenolic OH excluding ortho intramolecular Hbond substituents is 3. The van der Waals surface area contributed by atoms with Gasteiger partial charge in [0.1, 0.15) is 34.9 Å². The molecule has 0 aliphatic carbocycles. The van der Waals surface area contributed by atoms with Gasteiger partial charge in [-0.3, -0.25) is 33.6 Å². The summed E-state index contributed by atoms with van der Waals surface area (Å²) >= 11 is 0. The zero-order valence-electron chi connectivity index (χ0n) is 33.3. The van der Waals surface area contributed by atoms with Crippen LogP contribution in [0.25, 0.3) is 0 Å². The van der Waals surface area contributed by atoms with Crippen molar-refractivity contribution in [2.45, 2.75) is 135 Å². The lowest BCUT2D eigenvalue weighted by Crippen LogP contribution is -2.56. The molecule has 0 aliphatic heterocycles. The van der Waals surface area contributed by atoms with Crippen LogP contribution in [0, 0.1) is 12.8 Å². The molecule has 0 aromatic heterocycles. The zero-order chi connectivity index (χ0) is 42.8. The Morgan fingerprint density at radius 2 is 1.32 bits per heavy atom. The van der Waals surface area contributed by atoms with Crippen LogP contribution in [0.5, 0.6) is 17.2 Å². The number of nitrogens with two attached hydrogens (primary N) is 2. The molecule has 16 heteroatoms. The number of unbranched alkanes of at least 4 members (excludes halogenated alkanes) is 5. The fourth-order valence-corrected chi connectivity index (χ4v) is 6.48. The molecule has 5 amide bonds. The molecule has 4 atom stereocenters. The van der Waals surface area contributed by atoms with Crippen molar-refractivity contribution < 1.29 is 54.0 Å². The summed E-state index contributed by atoms with van der Waals surface area (Å²) < 4.78 is 0. The van der Waals surface area contributed by atoms with Crippen molar-refractivity contribution in [3.05, 3.63) is 52.6 Å². The average Bonchev–Trinajstić information content (AvgIpc) is 3.09. The number of phenols is 3. The van der Waals surface area contributed by atoms with Gasteiger partial charge in [-0.25, -0.2) is 0 Å². The van der Waals surface area contributed by atoms with Crippen molar-refractivity contribution in [3.8, 4) is 17.2 Å². The van der Waals surface area contributed by atoms with Crippen molar-refractivity contribution in [2.75, 3.05) is 0 Å². The second-order valence-electron chi connectivity index (χ2n) is 14.9. The fourth-order valence-electron chi connectivity index (χ4n) is 6.48.